The van der Waals surface area contributed by atoms with Crippen LogP contribution in [0.25, 0.3) is 0 Å². The van der Waals surface area contributed by atoms with Gasteiger partial charge in [0.1, 0.15) is 0 Å². The summed E-state index contributed by atoms with van der Waals surface area (Å²) in [6.45, 7) is -1.94. The van der Waals surface area contributed by atoms with E-state index < -0.39 is 26.4 Å². The van der Waals surface area contributed by atoms with Crippen molar-refractivity contribution in [2.24, 2.45) is 0 Å². The molecular weight excluding hydrogens is 299 g/mol. The van der Waals surface area contributed by atoms with E-state index in [0.29, 0.717) is 0 Å². The zero-order chi connectivity index (χ0) is 11.1. The molecule has 0 aliphatic carbocycles. The van der Waals surface area contributed by atoms with E-state index in [4.69, 9.17) is 20.4 Å². The summed E-state index contributed by atoms with van der Waals surface area (Å²) in [4.78, 5) is 10.9. The topological polar surface area (TPSA) is 141 Å². The fourth-order valence-corrected chi connectivity index (χ4v) is 0. The molecule has 1 amide bonds. The Balaban J connectivity index is -0.0000000216. The van der Waals surface area contributed by atoms with Gasteiger partial charge in [-0.1, -0.05) is 0 Å². The predicted molar refractivity (Wildman–Crippen MR) is 39.9 cm³/mol. The number of carbonyl (C=O) groups is 1. The number of nitrogens with zero attached hydrogens (tertiary/aromatic N) is 1. The molecule has 0 saturated heterocycles. The SMILES string of the molecule is CN(C)C=O.[Li+].[O-2].[O-]CC[O-].[O-]CC[O-].[Tc+5]. The third kappa shape index (κ3) is 130. The van der Waals surface area contributed by atoms with E-state index >= 15 is 0 Å². The minimum atomic E-state index is -0.486. The maximum absolute atomic E-state index is 9.43. The molecule has 9 heteroatoms. The molecular formula is C7H15LiNO6Tc. The van der Waals surface area contributed by atoms with Crippen molar-refractivity contribution in [1.29, 1.82) is 0 Å². The first-order valence-electron chi connectivity index (χ1n) is 3.54. The van der Waals surface area contributed by atoms with Gasteiger partial charge >= 0.3 is 39.0 Å². The molecule has 0 spiro atoms. The second kappa shape index (κ2) is 45.1. The summed E-state index contributed by atoms with van der Waals surface area (Å²) >= 11 is 0. The summed E-state index contributed by atoms with van der Waals surface area (Å²) in [5.74, 6) is 0. The summed E-state index contributed by atoms with van der Waals surface area (Å²) in [5, 5.41) is 35.9. The van der Waals surface area contributed by atoms with Gasteiger partial charge < -0.3 is 30.8 Å². The van der Waals surface area contributed by atoms with E-state index in [9.17, 15) is 4.79 Å². The van der Waals surface area contributed by atoms with Crippen LogP contribution >= 0.6 is 0 Å². The maximum atomic E-state index is 9.43. The largest absolute Gasteiger partial charge is 5.00 e. The zero-order valence-corrected chi connectivity index (χ0v) is 11.5. The van der Waals surface area contributed by atoms with Crippen LogP contribution in [0.1, 0.15) is 0 Å². The minimum absolute atomic E-state index is 0. The average Bonchev–Trinajstić information content (AvgIpc) is 2.18. The summed E-state index contributed by atoms with van der Waals surface area (Å²) in [7, 11) is 3.38. The van der Waals surface area contributed by atoms with Gasteiger partial charge in [0.15, 0.2) is 0 Å². The molecule has 0 unspecified atom stereocenters. The molecule has 0 aliphatic heterocycles. The Morgan fingerprint density at radius 1 is 0.938 bits per heavy atom. The Morgan fingerprint density at radius 3 is 1.06 bits per heavy atom. The number of carbonyl (C=O) groups excluding carboxylic acids is 1. The van der Waals surface area contributed by atoms with Crippen molar-refractivity contribution in [3.05, 3.63) is 0 Å². The first-order chi connectivity index (χ1) is 6.10. The maximum Gasteiger partial charge on any atom is 5.00 e. The van der Waals surface area contributed by atoms with Crippen LogP contribution in [-0.4, -0.2) is 51.8 Å². The van der Waals surface area contributed by atoms with Gasteiger partial charge in [-0.2, -0.15) is 26.4 Å². The molecule has 0 aromatic heterocycles. The zero-order valence-electron chi connectivity index (χ0n) is 9.68. The number of amides is 1. The average molecular weight is 314 g/mol. The molecule has 0 atom stereocenters. The molecule has 0 bridgehead atoms. The van der Waals surface area contributed by atoms with Crippen molar-refractivity contribution in [3.63, 3.8) is 0 Å². The first-order valence-corrected chi connectivity index (χ1v) is 3.54. The fraction of sp³-hybridized carbons (Fsp3) is 0.857. The molecule has 16 heavy (non-hydrogen) atoms. The van der Waals surface area contributed by atoms with Crippen LogP contribution in [-0.2, 0) is 30.4 Å². The molecule has 0 fully saturated rings. The minimum Gasteiger partial charge on any atom is -2.00 e. The standard InChI is InChI=1S/C3H7NO.2C2H4O2.Li.O.Tc/c1-4(2)3-5;2*3-1-2-4;;;/h3H,1-2H3;2*1-2H2;;;/q;2*-2;+1;-2;+5. The Labute approximate surface area is 121 Å². The molecule has 0 saturated carbocycles. The summed E-state index contributed by atoms with van der Waals surface area (Å²) in [5.41, 5.74) is 0. The molecule has 0 radical (unpaired) electrons. The fourth-order valence-electron chi connectivity index (χ4n) is 0. The van der Waals surface area contributed by atoms with Crippen LogP contribution in [0.4, 0.5) is 0 Å². The van der Waals surface area contributed by atoms with Gasteiger partial charge in [-0.15, -0.1) is 0 Å². The van der Waals surface area contributed by atoms with Gasteiger partial charge in [-0.05, 0) is 0 Å². The number of rotatable bonds is 3. The molecule has 0 aromatic carbocycles. The van der Waals surface area contributed by atoms with E-state index in [1.54, 1.807) is 14.1 Å². The van der Waals surface area contributed by atoms with E-state index in [2.05, 4.69) is 0 Å². The van der Waals surface area contributed by atoms with Crippen molar-refractivity contribution < 1.29 is 69.7 Å². The molecule has 92 valence electrons. The van der Waals surface area contributed by atoms with E-state index in [0.717, 1.165) is 6.41 Å². The van der Waals surface area contributed by atoms with Crippen molar-refractivity contribution in [2.45, 2.75) is 0 Å². The Bertz CT molecular complexity index is 83.3. The quantitative estimate of drug-likeness (QED) is 0.376. The Hall–Kier alpha value is 0.517. The van der Waals surface area contributed by atoms with Gasteiger partial charge in [0.2, 0.25) is 6.41 Å². The third-order valence-electron chi connectivity index (χ3n) is 0.377. The third-order valence-corrected chi connectivity index (χ3v) is 0.377. The van der Waals surface area contributed by atoms with Crippen LogP contribution in [0.2, 0.25) is 0 Å². The smallest absolute Gasteiger partial charge is 2.00 e. The summed E-state index contributed by atoms with van der Waals surface area (Å²) < 4.78 is 0. The van der Waals surface area contributed by atoms with Gasteiger partial charge in [0.05, 0.1) is 0 Å². The Morgan fingerprint density at radius 2 is 1.06 bits per heavy atom. The first kappa shape index (κ1) is 36.0. The summed E-state index contributed by atoms with van der Waals surface area (Å²) in [6, 6.07) is 0. The molecule has 0 N–H and O–H groups in total. The van der Waals surface area contributed by atoms with Gasteiger partial charge in [0.25, 0.3) is 0 Å². The van der Waals surface area contributed by atoms with E-state index in [-0.39, 0.29) is 44.4 Å². The van der Waals surface area contributed by atoms with Gasteiger partial charge in [-0.3, -0.25) is 4.79 Å². The monoisotopic (exact) mass is 313 g/mol. The van der Waals surface area contributed by atoms with Gasteiger partial charge in [-0.25, -0.2) is 0 Å². The normalized spacial score (nSPS) is 5.88. The van der Waals surface area contributed by atoms with Crippen LogP contribution in [0.5, 0.6) is 0 Å². The van der Waals surface area contributed by atoms with E-state index in [1.165, 1.54) is 4.90 Å². The van der Waals surface area contributed by atoms with Crippen molar-refractivity contribution in [3.8, 4) is 0 Å². The summed E-state index contributed by atoms with van der Waals surface area (Å²) in [6.07, 6.45) is 0.750. The molecule has 0 heterocycles. The molecule has 0 rings (SSSR count). The van der Waals surface area contributed by atoms with Crippen molar-refractivity contribution >= 4 is 6.41 Å². The van der Waals surface area contributed by atoms with Crippen LogP contribution in [0, 0.1) is 0 Å². The van der Waals surface area contributed by atoms with Crippen molar-refractivity contribution in [2.75, 3.05) is 40.5 Å². The molecule has 0 aromatic rings. The van der Waals surface area contributed by atoms with Crippen LogP contribution < -0.4 is 39.3 Å². The van der Waals surface area contributed by atoms with Crippen LogP contribution in [0.3, 0.4) is 0 Å². The van der Waals surface area contributed by atoms with Crippen LogP contribution in [0.15, 0.2) is 0 Å². The predicted octanol–water partition coefficient (Wildman–Crippen LogP) is -8.00. The van der Waals surface area contributed by atoms with Gasteiger partial charge in [0, 0.05) is 14.1 Å². The molecule has 0 aliphatic rings. The number of hydrogen-bond donors (Lipinski definition) is 0. The second-order valence-corrected chi connectivity index (χ2v) is 1.89. The second-order valence-electron chi connectivity index (χ2n) is 1.89. The van der Waals surface area contributed by atoms with E-state index in [1.807, 2.05) is 0 Å². The molecule has 7 nitrogen and oxygen atoms in total. The number of hydrogen-bond acceptors (Lipinski definition) is 5. The Kier molecular flexibility index (Phi) is 101. The van der Waals surface area contributed by atoms with Crippen molar-refractivity contribution in [1.82, 2.24) is 4.90 Å².